The molecule has 3 aromatic heterocycles. The topological polar surface area (TPSA) is 71.0 Å². The molecule has 0 unspecified atom stereocenters. The second-order valence-electron chi connectivity index (χ2n) is 5.76. The zero-order chi connectivity index (χ0) is 18.1. The molecule has 1 aromatic carbocycles. The Kier molecular flexibility index (Phi) is 4.18. The van der Waals surface area contributed by atoms with Crippen LogP contribution in [0.2, 0.25) is 0 Å². The van der Waals surface area contributed by atoms with Crippen molar-refractivity contribution in [1.82, 2.24) is 9.97 Å². The lowest BCUT2D eigenvalue weighted by atomic mass is 10.0. The molecule has 0 radical (unpaired) electrons. The molecule has 130 valence electrons. The monoisotopic (exact) mass is 363 g/mol. The number of hydrogen-bond acceptors (Lipinski definition) is 5. The quantitative estimate of drug-likeness (QED) is 0.504. The van der Waals surface area contributed by atoms with Gasteiger partial charge in [0.2, 0.25) is 0 Å². The second kappa shape index (κ2) is 6.65. The molecule has 4 aromatic rings. The summed E-state index contributed by atoms with van der Waals surface area (Å²) in [6.45, 7) is 0. The molecule has 0 aliphatic heterocycles. The Hall–Kier alpha value is -3.12. The maximum absolute atomic E-state index is 8.71. The highest BCUT2D eigenvalue weighted by atomic mass is 32.1. The number of benzene rings is 1. The van der Waals surface area contributed by atoms with Crippen molar-refractivity contribution in [2.24, 2.45) is 0 Å². The van der Waals surface area contributed by atoms with Gasteiger partial charge in [0.15, 0.2) is 0 Å². The first kappa shape index (κ1) is 16.4. The van der Waals surface area contributed by atoms with Gasteiger partial charge in [0.1, 0.15) is 11.5 Å². The van der Waals surface area contributed by atoms with E-state index in [0.717, 1.165) is 22.2 Å². The summed E-state index contributed by atoms with van der Waals surface area (Å²) in [6, 6.07) is 11.5. The van der Waals surface area contributed by atoms with Crippen LogP contribution in [0.3, 0.4) is 0 Å². The number of aromatic nitrogens is 2. The smallest absolute Gasteiger partial charge is 0.132 e. The summed E-state index contributed by atoms with van der Waals surface area (Å²) in [5, 5.41) is 13.8. The Bertz CT molecular complexity index is 1080. The molecule has 0 aliphatic rings. The fraction of sp³-hybridized carbons (Fsp3) is 0.100. The summed E-state index contributed by atoms with van der Waals surface area (Å²) in [7, 11) is 3.19. The first-order valence-electron chi connectivity index (χ1n) is 8.03. The molecule has 26 heavy (non-hydrogen) atoms. The molecule has 0 bridgehead atoms. The molecule has 0 atom stereocenters. The number of thiophene rings is 1. The molecule has 3 heterocycles. The molecule has 0 fully saturated rings. The van der Waals surface area contributed by atoms with Crippen LogP contribution < -0.4 is 9.47 Å². The summed E-state index contributed by atoms with van der Waals surface area (Å²) in [4.78, 5) is 7.88. The van der Waals surface area contributed by atoms with Gasteiger partial charge in [0.25, 0.3) is 0 Å². The number of aromatic amines is 1. The van der Waals surface area contributed by atoms with Crippen molar-refractivity contribution in [3.63, 3.8) is 0 Å². The summed E-state index contributed by atoms with van der Waals surface area (Å²) in [6.07, 6.45) is 1.72. The Morgan fingerprint density at radius 3 is 2.73 bits per heavy atom. The summed E-state index contributed by atoms with van der Waals surface area (Å²) >= 11 is 1.65. The number of ether oxygens (including phenoxy) is 2. The van der Waals surface area contributed by atoms with Gasteiger partial charge in [-0.3, -0.25) is 10.4 Å². The third-order valence-corrected chi connectivity index (χ3v) is 4.98. The van der Waals surface area contributed by atoms with Gasteiger partial charge in [-0.15, -0.1) is 0 Å². The third kappa shape index (κ3) is 2.74. The van der Waals surface area contributed by atoms with Crippen LogP contribution in [0.15, 0.2) is 53.4 Å². The van der Waals surface area contributed by atoms with Crippen LogP contribution in [0.4, 0.5) is 0 Å². The molecular weight excluding hydrogens is 346 g/mol. The van der Waals surface area contributed by atoms with Crippen molar-refractivity contribution in [1.29, 1.82) is 5.41 Å². The Balaban J connectivity index is 1.83. The highest BCUT2D eigenvalue weighted by molar-refractivity contribution is 7.08. The van der Waals surface area contributed by atoms with E-state index in [1.165, 1.54) is 0 Å². The van der Waals surface area contributed by atoms with Gasteiger partial charge in [-0.2, -0.15) is 11.3 Å². The second-order valence-corrected chi connectivity index (χ2v) is 6.54. The Morgan fingerprint density at radius 1 is 1.12 bits per heavy atom. The molecule has 0 aliphatic carbocycles. The lowest BCUT2D eigenvalue weighted by Crippen LogP contribution is -2.07. The first-order valence-corrected chi connectivity index (χ1v) is 8.97. The minimum absolute atomic E-state index is 0.311. The summed E-state index contributed by atoms with van der Waals surface area (Å²) in [5.41, 5.74) is 4.70. The first-order chi connectivity index (χ1) is 12.7. The van der Waals surface area contributed by atoms with Gasteiger partial charge in [-0.25, -0.2) is 0 Å². The van der Waals surface area contributed by atoms with Crippen LogP contribution in [0, 0.1) is 5.41 Å². The van der Waals surface area contributed by atoms with Crippen molar-refractivity contribution in [2.45, 2.75) is 0 Å². The number of H-pyrrole nitrogens is 1. The van der Waals surface area contributed by atoms with E-state index in [9.17, 15) is 0 Å². The number of nitrogens with one attached hydrogen (secondary N) is 2. The van der Waals surface area contributed by atoms with Crippen molar-refractivity contribution in [2.75, 3.05) is 14.2 Å². The van der Waals surface area contributed by atoms with Gasteiger partial charge in [0, 0.05) is 45.4 Å². The van der Waals surface area contributed by atoms with E-state index in [1.54, 1.807) is 37.8 Å². The standard InChI is InChI=1S/C20H17N3O2S/c1-24-13-3-4-14(18(9-13)25-2)19(21)20-15-10-17(12-6-8-26-11-12)23-16(15)5-7-22-20/h3-11,21,23H,1-2H3. The molecule has 2 N–H and O–H groups in total. The van der Waals surface area contributed by atoms with Gasteiger partial charge >= 0.3 is 0 Å². The van der Waals surface area contributed by atoms with Crippen molar-refractivity contribution < 1.29 is 9.47 Å². The normalized spacial score (nSPS) is 10.8. The fourth-order valence-electron chi connectivity index (χ4n) is 2.96. The van der Waals surface area contributed by atoms with Gasteiger partial charge in [0.05, 0.1) is 25.6 Å². The fourth-order valence-corrected chi connectivity index (χ4v) is 3.61. The molecular formula is C20H17N3O2S. The van der Waals surface area contributed by atoms with Crippen molar-refractivity contribution in [3.8, 4) is 22.8 Å². The minimum atomic E-state index is 0.311. The van der Waals surface area contributed by atoms with E-state index in [0.29, 0.717) is 28.5 Å². The van der Waals surface area contributed by atoms with E-state index < -0.39 is 0 Å². The van der Waals surface area contributed by atoms with Crippen molar-refractivity contribution >= 4 is 28.0 Å². The summed E-state index contributed by atoms with van der Waals surface area (Å²) < 4.78 is 10.7. The van der Waals surface area contributed by atoms with Gasteiger partial charge in [-0.05, 0) is 35.7 Å². The zero-order valence-corrected chi connectivity index (χ0v) is 15.2. The highest BCUT2D eigenvalue weighted by Crippen LogP contribution is 2.31. The average Bonchev–Trinajstić information content (AvgIpc) is 3.35. The molecule has 4 rings (SSSR count). The molecule has 0 amide bonds. The van der Waals surface area contributed by atoms with E-state index in [-0.39, 0.29) is 0 Å². The Labute approximate surface area is 154 Å². The van der Waals surface area contributed by atoms with Crippen LogP contribution in [-0.2, 0) is 0 Å². The van der Waals surface area contributed by atoms with Crippen LogP contribution in [-0.4, -0.2) is 29.9 Å². The summed E-state index contributed by atoms with van der Waals surface area (Å²) in [5.74, 6) is 1.27. The van der Waals surface area contributed by atoms with E-state index in [1.807, 2.05) is 29.6 Å². The maximum Gasteiger partial charge on any atom is 0.132 e. The lowest BCUT2D eigenvalue weighted by molar-refractivity contribution is 0.394. The van der Waals surface area contributed by atoms with Crippen LogP contribution in [0.1, 0.15) is 11.3 Å². The maximum atomic E-state index is 8.71. The number of pyridine rings is 1. The van der Waals surface area contributed by atoms with Crippen LogP contribution >= 0.6 is 11.3 Å². The van der Waals surface area contributed by atoms with Crippen LogP contribution in [0.25, 0.3) is 22.2 Å². The molecule has 5 nitrogen and oxygen atoms in total. The molecule has 0 saturated carbocycles. The third-order valence-electron chi connectivity index (χ3n) is 4.30. The Morgan fingerprint density at radius 2 is 2.00 bits per heavy atom. The average molecular weight is 363 g/mol. The molecule has 0 spiro atoms. The van der Waals surface area contributed by atoms with E-state index in [4.69, 9.17) is 14.9 Å². The predicted octanol–water partition coefficient (Wildman–Crippen LogP) is 4.72. The van der Waals surface area contributed by atoms with E-state index in [2.05, 4.69) is 21.4 Å². The lowest BCUT2D eigenvalue weighted by Gasteiger charge is -2.11. The SMILES string of the molecule is COc1ccc(C(=N)c2nccc3[nH]c(-c4ccsc4)cc23)c(OC)c1. The minimum Gasteiger partial charge on any atom is -0.497 e. The molecule has 6 heteroatoms. The van der Waals surface area contributed by atoms with Crippen LogP contribution in [0.5, 0.6) is 11.5 Å². The van der Waals surface area contributed by atoms with Gasteiger partial charge < -0.3 is 14.5 Å². The van der Waals surface area contributed by atoms with E-state index >= 15 is 0 Å². The number of methoxy groups -OCH3 is 2. The number of hydrogen-bond donors (Lipinski definition) is 2. The number of fused-ring (bicyclic) bond motifs is 1. The highest BCUT2D eigenvalue weighted by Gasteiger charge is 2.17. The molecule has 0 saturated heterocycles. The van der Waals surface area contributed by atoms with Gasteiger partial charge in [-0.1, -0.05) is 0 Å². The largest absolute Gasteiger partial charge is 0.497 e. The van der Waals surface area contributed by atoms with Crippen molar-refractivity contribution in [3.05, 3.63) is 64.6 Å². The number of nitrogens with zero attached hydrogens (tertiary/aromatic N) is 1. The predicted molar refractivity (Wildman–Crippen MR) is 105 cm³/mol. The zero-order valence-electron chi connectivity index (χ0n) is 14.4. The number of rotatable bonds is 5.